The number of hydrogen-bond acceptors (Lipinski definition) is 1. The van der Waals surface area contributed by atoms with Gasteiger partial charge in [-0.05, 0) is 6.92 Å². The average molecular weight is 226 g/mol. The Morgan fingerprint density at radius 3 is 1.46 bits per heavy atom. The molecular formula is C5H7F5O2S. The van der Waals surface area contributed by atoms with Crippen molar-refractivity contribution in [3.63, 3.8) is 0 Å². The van der Waals surface area contributed by atoms with Crippen molar-refractivity contribution in [2.75, 3.05) is 0 Å². The molecule has 0 rings (SSSR count). The van der Waals surface area contributed by atoms with Crippen LogP contribution in [-0.2, 0) is 11.1 Å². The minimum atomic E-state index is -5.01. The van der Waals surface area contributed by atoms with E-state index in [2.05, 4.69) is 0 Å². The van der Waals surface area contributed by atoms with Crippen molar-refractivity contribution in [2.45, 2.75) is 30.7 Å². The molecule has 0 aliphatic heterocycles. The molecule has 0 aliphatic carbocycles. The molecule has 0 bridgehead atoms. The number of alkyl halides is 5. The number of hydrogen-bond donors (Lipinski definition) is 1. The van der Waals surface area contributed by atoms with Crippen molar-refractivity contribution in [1.29, 1.82) is 0 Å². The third-order valence-electron chi connectivity index (χ3n) is 1.59. The molecule has 13 heavy (non-hydrogen) atoms. The van der Waals surface area contributed by atoms with Gasteiger partial charge in [0.2, 0.25) is 16.7 Å². The molecule has 0 radical (unpaired) electrons. The van der Waals surface area contributed by atoms with E-state index in [0.717, 1.165) is 0 Å². The molecule has 80 valence electrons. The minimum absolute atomic E-state index is 0.0895. The van der Waals surface area contributed by atoms with Gasteiger partial charge < -0.3 is 4.55 Å². The Labute approximate surface area is 73.4 Å². The molecule has 0 amide bonds. The van der Waals surface area contributed by atoms with Gasteiger partial charge in [-0.3, -0.25) is 0 Å². The molecule has 1 N–H and O–H groups in total. The van der Waals surface area contributed by atoms with Crippen molar-refractivity contribution in [3.05, 3.63) is 0 Å². The Morgan fingerprint density at radius 2 is 1.38 bits per heavy atom. The standard InChI is InChI=1S/C5H7F5O2S/c1-3(6,4(2,7)8)5(9,10)13(11)12/h1-2H3,(H,11,12). The zero-order chi connectivity index (χ0) is 11.1. The summed E-state index contributed by atoms with van der Waals surface area (Å²) in [7, 11) is 0. The van der Waals surface area contributed by atoms with Gasteiger partial charge in [-0.2, -0.15) is 8.78 Å². The van der Waals surface area contributed by atoms with Crippen LogP contribution in [0.15, 0.2) is 0 Å². The molecule has 2 nitrogen and oxygen atoms in total. The fourth-order valence-corrected chi connectivity index (χ4v) is 0.927. The van der Waals surface area contributed by atoms with E-state index in [0.29, 0.717) is 0 Å². The third kappa shape index (κ3) is 1.98. The second kappa shape index (κ2) is 3.16. The molecule has 0 aromatic heterocycles. The van der Waals surface area contributed by atoms with E-state index in [-0.39, 0.29) is 13.8 Å². The van der Waals surface area contributed by atoms with Gasteiger partial charge in [-0.25, -0.2) is 17.4 Å². The average Bonchev–Trinajstić information content (AvgIpc) is 1.84. The van der Waals surface area contributed by atoms with Crippen LogP contribution in [0.25, 0.3) is 0 Å². The lowest BCUT2D eigenvalue weighted by Gasteiger charge is -2.31. The Kier molecular flexibility index (Phi) is 3.10. The molecular weight excluding hydrogens is 219 g/mol. The number of rotatable bonds is 3. The first-order valence-electron chi connectivity index (χ1n) is 3.00. The normalized spacial score (nSPS) is 20.9. The summed E-state index contributed by atoms with van der Waals surface area (Å²) < 4.78 is 79.9. The maximum Gasteiger partial charge on any atom is 0.383 e. The van der Waals surface area contributed by atoms with Crippen LogP contribution in [0, 0.1) is 0 Å². The molecule has 0 aromatic rings. The van der Waals surface area contributed by atoms with E-state index in [9.17, 15) is 26.2 Å². The van der Waals surface area contributed by atoms with Crippen LogP contribution in [0.4, 0.5) is 22.0 Å². The van der Waals surface area contributed by atoms with Crippen LogP contribution in [-0.4, -0.2) is 25.6 Å². The molecule has 0 aliphatic rings. The summed E-state index contributed by atoms with van der Waals surface area (Å²) in [6.45, 7) is -0.213. The summed E-state index contributed by atoms with van der Waals surface area (Å²) in [5.41, 5.74) is -4.36. The minimum Gasteiger partial charge on any atom is -0.301 e. The van der Waals surface area contributed by atoms with Gasteiger partial charge in [-0.15, -0.1) is 0 Å². The summed E-state index contributed by atoms with van der Waals surface area (Å²) in [6.07, 6.45) is 0. The molecule has 0 spiro atoms. The van der Waals surface area contributed by atoms with E-state index in [4.69, 9.17) is 4.55 Å². The highest BCUT2D eigenvalue weighted by Crippen LogP contribution is 2.45. The molecule has 0 fully saturated rings. The summed E-state index contributed by atoms with van der Waals surface area (Å²) in [4.78, 5) is 0. The van der Waals surface area contributed by atoms with Crippen molar-refractivity contribution >= 4 is 11.1 Å². The monoisotopic (exact) mass is 226 g/mol. The topological polar surface area (TPSA) is 37.3 Å². The van der Waals surface area contributed by atoms with Crippen molar-refractivity contribution < 1.29 is 30.7 Å². The van der Waals surface area contributed by atoms with Crippen LogP contribution < -0.4 is 0 Å². The number of halogens is 5. The van der Waals surface area contributed by atoms with Gasteiger partial charge in [0.25, 0.3) is 5.92 Å². The molecule has 8 heteroatoms. The quantitative estimate of drug-likeness (QED) is 0.591. The van der Waals surface area contributed by atoms with Crippen LogP contribution in [0.5, 0.6) is 0 Å². The van der Waals surface area contributed by atoms with Crippen LogP contribution in [0.3, 0.4) is 0 Å². The second-order valence-electron chi connectivity index (χ2n) is 2.66. The van der Waals surface area contributed by atoms with Crippen molar-refractivity contribution in [2.24, 2.45) is 0 Å². The molecule has 0 aromatic carbocycles. The Balaban J connectivity index is 5.16. The maximum absolute atomic E-state index is 12.8. The van der Waals surface area contributed by atoms with E-state index in [1.165, 1.54) is 0 Å². The zero-order valence-electron chi connectivity index (χ0n) is 6.65. The highest BCUT2D eigenvalue weighted by atomic mass is 32.2. The molecule has 2 atom stereocenters. The first-order chi connectivity index (χ1) is 5.44. The third-order valence-corrected chi connectivity index (χ3v) is 2.41. The van der Waals surface area contributed by atoms with E-state index in [1.54, 1.807) is 0 Å². The highest BCUT2D eigenvalue weighted by molar-refractivity contribution is 7.80. The fourth-order valence-electron chi connectivity index (χ4n) is 0.419. The summed E-state index contributed by atoms with van der Waals surface area (Å²) >= 11 is -3.98. The van der Waals surface area contributed by atoms with Gasteiger partial charge in [0.15, 0.2) is 0 Å². The molecule has 0 heterocycles. The van der Waals surface area contributed by atoms with Gasteiger partial charge in [-0.1, -0.05) is 0 Å². The van der Waals surface area contributed by atoms with Crippen LogP contribution in [0.2, 0.25) is 0 Å². The van der Waals surface area contributed by atoms with Crippen molar-refractivity contribution in [1.82, 2.24) is 0 Å². The van der Waals surface area contributed by atoms with Crippen molar-refractivity contribution in [3.8, 4) is 0 Å². The zero-order valence-corrected chi connectivity index (χ0v) is 7.47. The smallest absolute Gasteiger partial charge is 0.301 e. The highest BCUT2D eigenvalue weighted by Gasteiger charge is 2.67. The Hall–Kier alpha value is -0.240. The first-order valence-corrected chi connectivity index (χ1v) is 4.11. The van der Waals surface area contributed by atoms with Gasteiger partial charge in [0.1, 0.15) is 0 Å². The van der Waals surface area contributed by atoms with E-state index >= 15 is 0 Å². The maximum atomic E-state index is 12.8. The van der Waals surface area contributed by atoms with Gasteiger partial charge in [0, 0.05) is 6.92 Å². The predicted molar refractivity (Wildman–Crippen MR) is 35.9 cm³/mol. The molecule has 0 saturated heterocycles. The predicted octanol–water partition coefficient (Wildman–Crippen LogP) is 2.18. The van der Waals surface area contributed by atoms with E-state index in [1.807, 2.05) is 0 Å². The lowest BCUT2D eigenvalue weighted by atomic mass is 10.0. The Bertz CT molecular complexity index is 221. The van der Waals surface area contributed by atoms with Crippen LogP contribution in [0.1, 0.15) is 13.8 Å². The molecule has 0 saturated carbocycles. The fraction of sp³-hybridized carbons (Fsp3) is 1.00. The summed E-state index contributed by atoms with van der Waals surface area (Å²) in [5.74, 6) is -4.41. The van der Waals surface area contributed by atoms with Gasteiger partial charge >= 0.3 is 5.25 Å². The SMILES string of the molecule is CC(F)(F)C(C)(F)C(F)(F)S(=O)O. The lowest BCUT2D eigenvalue weighted by molar-refractivity contribution is -0.195. The summed E-state index contributed by atoms with van der Waals surface area (Å²) in [5, 5.41) is -5.01. The summed E-state index contributed by atoms with van der Waals surface area (Å²) in [6, 6.07) is 0. The lowest BCUT2D eigenvalue weighted by Crippen LogP contribution is -2.55. The van der Waals surface area contributed by atoms with Gasteiger partial charge in [0.05, 0.1) is 0 Å². The van der Waals surface area contributed by atoms with E-state index < -0.39 is 27.9 Å². The largest absolute Gasteiger partial charge is 0.383 e. The second-order valence-corrected chi connectivity index (χ2v) is 3.67. The van der Waals surface area contributed by atoms with Crippen LogP contribution >= 0.6 is 0 Å². The molecule has 2 unspecified atom stereocenters. The Morgan fingerprint density at radius 1 is 1.08 bits per heavy atom. The first kappa shape index (κ1) is 12.8.